The lowest BCUT2D eigenvalue weighted by atomic mass is 10.2. The number of hydrogen-bond acceptors (Lipinski definition) is 5. The Hall–Kier alpha value is -3.16. The summed E-state index contributed by atoms with van der Waals surface area (Å²) < 4.78 is 31.4. The van der Waals surface area contributed by atoms with Gasteiger partial charge in [0.2, 0.25) is 0 Å². The Labute approximate surface area is 165 Å². The van der Waals surface area contributed by atoms with Crippen LogP contribution in [0.25, 0.3) is 22.3 Å². The summed E-state index contributed by atoms with van der Waals surface area (Å²) in [5.74, 6) is 0.0850. The summed E-state index contributed by atoms with van der Waals surface area (Å²) >= 11 is 5.82. The van der Waals surface area contributed by atoms with Crippen molar-refractivity contribution in [1.29, 1.82) is 0 Å². The van der Waals surface area contributed by atoms with Crippen LogP contribution in [0.15, 0.2) is 88.6 Å². The van der Waals surface area contributed by atoms with Crippen LogP contribution in [-0.4, -0.2) is 18.1 Å². The zero-order chi connectivity index (χ0) is 19.7. The summed E-state index contributed by atoms with van der Waals surface area (Å²) in [6.07, 6.45) is 0. The van der Waals surface area contributed by atoms with Crippen molar-refractivity contribution in [3.05, 3.63) is 94.2 Å². The predicted molar refractivity (Wildman–Crippen MR) is 107 cm³/mol. The van der Waals surface area contributed by atoms with E-state index in [9.17, 15) is 13.2 Å². The molecule has 0 N–H and O–H groups in total. The largest absolute Gasteiger partial charge is 0.357 e. The summed E-state index contributed by atoms with van der Waals surface area (Å²) in [5, 5.41) is 0.627. The summed E-state index contributed by atoms with van der Waals surface area (Å²) in [7, 11) is -4.29. The molecule has 0 aliphatic heterocycles. The number of aromatic nitrogens is 2. The minimum Gasteiger partial charge on any atom is -0.279 e. The molecule has 0 spiro atoms. The van der Waals surface area contributed by atoms with E-state index in [0.717, 1.165) is 0 Å². The Morgan fingerprint density at radius 2 is 1.50 bits per heavy atom. The molecule has 0 unspecified atom stereocenters. The molecule has 0 bridgehead atoms. The molecular formula is C20H13ClN2O4S. The van der Waals surface area contributed by atoms with E-state index in [0.29, 0.717) is 20.8 Å². The van der Waals surface area contributed by atoms with E-state index in [-0.39, 0.29) is 16.1 Å². The maximum absolute atomic E-state index is 13.0. The zero-order valence-electron chi connectivity index (χ0n) is 14.3. The van der Waals surface area contributed by atoms with Crippen molar-refractivity contribution >= 4 is 32.6 Å². The first-order chi connectivity index (χ1) is 13.5. The Balaban J connectivity index is 1.93. The summed E-state index contributed by atoms with van der Waals surface area (Å²) in [4.78, 5) is 17.3. The molecule has 1 aromatic heterocycles. The third-order valence-electron chi connectivity index (χ3n) is 4.04. The van der Waals surface area contributed by atoms with Gasteiger partial charge in [-0.1, -0.05) is 54.1 Å². The van der Waals surface area contributed by atoms with Gasteiger partial charge in [-0.05, 0) is 36.4 Å². The minimum absolute atomic E-state index is 0.0850. The van der Waals surface area contributed by atoms with Gasteiger partial charge in [-0.2, -0.15) is 8.42 Å². The van der Waals surface area contributed by atoms with Gasteiger partial charge in [-0.15, -0.1) is 4.73 Å². The van der Waals surface area contributed by atoms with Gasteiger partial charge in [0.1, 0.15) is 4.90 Å². The minimum atomic E-state index is -4.29. The molecule has 0 aliphatic carbocycles. The smallest absolute Gasteiger partial charge is 0.279 e. The van der Waals surface area contributed by atoms with Gasteiger partial charge >= 0.3 is 10.1 Å². The highest BCUT2D eigenvalue weighted by molar-refractivity contribution is 7.87. The van der Waals surface area contributed by atoms with Crippen molar-refractivity contribution in [3.63, 3.8) is 0 Å². The van der Waals surface area contributed by atoms with Gasteiger partial charge in [-0.3, -0.25) is 9.08 Å². The normalized spacial score (nSPS) is 11.5. The molecular weight excluding hydrogens is 400 g/mol. The topological polar surface area (TPSA) is 78.3 Å². The van der Waals surface area contributed by atoms with Gasteiger partial charge < -0.3 is 0 Å². The van der Waals surface area contributed by atoms with E-state index in [1.165, 1.54) is 24.3 Å². The Morgan fingerprint density at radius 1 is 0.857 bits per heavy atom. The van der Waals surface area contributed by atoms with Gasteiger partial charge in [0.05, 0.1) is 10.9 Å². The van der Waals surface area contributed by atoms with Crippen LogP contribution in [-0.2, 0) is 10.1 Å². The number of nitrogens with zero attached hydrogens (tertiary/aromatic N) is 2. The molecule has 140 valence electrons. The van der Waals surface area contributed by atoms with Crippen molar-refractivity contribution < 1.29 is 12.7 Å². The van der Waals surface area contributed by atoms with E-state index >= 15 is 0 Å². The molecule has 4 rings (SSSR count). The fraction of sp³-hybridized carbons (Fsp3) is 0. The van der Waals surface area contributed by atoms with E-state index in [1.54, 1.807) is 54.6 Å². The van der Waals surface area contributed by atoms with Crippen LogP contribution in [0.2, 0.25) is 5.02 Å². The highest BCUT2D eigenvalue weighted by Crippen LogP contribution is 2.20. The van der Waals surface area contributed by atoms with Crippen LogP contribution in [0, 0.1) is 0 Å². The number of benzene rings is 3. The second kappa shape index (κ2) is 7.10. The quantitative estimate of drug-likeness (QED) is 0.512. The number of rotatable bonds is 4. The third-order valence-corrected chi connectivity index (χ3v) is 5.49. The maximum atomic E-state index is 13.0. The van der Waals surface area contributed by atoms with Gasteiger partial charge in [0, 0.05) is 10.6 Å². The number of hydrogen-bond donors (Lipinski definition) is 0. The third kappa shape index (κ3) is 3.37. The van der Waals surface area contributed by atoms with Crippen molar-refractivity contribution in [2.45, 2.75) is 4.90 Å². The summed E-state index contributed by atoms with van der Waals surface area (Å²) in [6, 6.07) is 20.9. The van der Waals surface area contributed by atoms with Crippen LogP contribution in [0.3, 0.4) is 0 Å². The lowest BCUT2D eigenvalue weighted by molar-refractivity contribution is 0.270. The molecule has 0 amide bonds. The molecule has 0 fully saturated rings. The molecule has 28 heavy (non-hydrogen) atoms. The first kappa shape index (κ1) is 18.2. The maximum Gasteiger partial charge on any atom is 0.357 e. The van der Waals surface area contributed by atoms with Gasteiger partial charge in [0.15, 0.2) is 5.82 Å². The van der Waals surface area contributed by atoms with E-state index in [1.807, 2.05) is 0 Å². The van der Waals surface area contributed by atoms with Crippen molar-refractivity contribution in [3.8, 4) is 11.4 Å². The average molecular weight is 413 g/mol. The highest BCUT2D eigenvalue weighted by Gasteiger charge is 2.22. The molecule has 0 aliphatic rings. The van der Waals surface area contributed by atoms with Gasteiger partial charge in [0.25, 0.3) is 5.56 Å². The molecule has 6 nitrogen and oxygen atoms in total. The van der Waals surface area contributed by atoms with Crippen LogP contribution < -0.4 is 9.84 Å². The standard InChI is InChI=1S/C20H13ClN2O4S/c21-15-10-12-16(13-11-15)28(25,26)27-23-19(14-6-2-1-3-7-14)22-18-9-5-4-8-17(18)20(23)24/h1-13H. The molecule has 4 aromatic rings. The fourth-order valence-corrected chi connectivity index (χ4v) is 3.71. The summed E-state index contributed by atoms with van der Waals surface area (Å²) in [6.45, 7) is 0. The van der Waals surface area contributed by atoms with Crippen LogP contribution in [0.5, 0.6) is 0 Å². The molecule has 0 saturated carbocycles. The highest BCUT2D eigenvalue weighted by atomic mass is 35.5. The Kier molecular flexibility index (Phi) is 4.62. The zero-order valence-corrected chi connectivity index (χ0v) is 15.9. The predicted octanol–water partition coefficient (Wildman–Crippen LogP) is 3.53. The summed E-state index contributed by atoms with van der Waals surface area (Å²) in [5.41, 5.74) is 0.355. The SMILES string of the molecule is O=c1c2ccccc2nc(-c2ccccc2)n1OS(=O)(=O)c1ccc(Cl)cc1. The van der Waals surface area contributed by atoms with Gasteiger partial charge in [-0.25, -0.2) is 4.98 Å². The van der Waals surface area contributed by atoms with Crippen molar-refractivity contribution in [2.24, 2.45) is 0 Å². The monoisotopic (exact) mass is 412 g/mol. The second-order valence-electron chi connectivity index (χ2n) is 5.90. The molecule has 3 aromatic carbocycles. The molecule has 8 heteroatoms. The fourth-order valence-electron chi connectivity index (χ4n) is 2.70. The molecule has 0 saturated heterocycles. The molecule has 0 atom stereocenters. The van der Waals surface area contributed by atoms with E-state index in [2.05, 4.69) is 4.98 Å². The van der Waals surface area contributed by atoms with Crippen LogP contribution >= 0.6 is 11.6 Å². The van der Waals surface area contributed by atoms with Crippen molar-refractivity contribution in [1.82, 2.24) is 9.71 Å². The van der Waals surface area contributed by atoms with E-state index < -0.39 is 15.7 Å². The van der Waals surface area contributed by atoms with Crippen LogP contribution in [0.1, 0.15) is 0 Å². The number of para-hydroxylation sites is 1. The lowest BCUT2D eigenvalue weighted by Crippen LogP contribution is -2.33. The average Bonchev–Trinajstić information content (AvgIpc) is 2.71. The second-order valence-corrected chi connectivity index (χ2v) is 7.87. The molecule has 1 heterocycles. The number of halogens is 1. The first-order valence-electron chi connectivity index (χ1n) is 8.23. The van der Waals surface area contributed by atoms with Crippen molar-refractivity contribution in [2.75, 3.05) is 0 Å². The number of fused-ring (bicyclic) bond motifs is 1. The Bertz CT molecular complexity index is 1320. The molecule has 0 radical (unpaired) electrons. The first-order valence-corrected chi connectivity index (χ1v) is 10.0. The van der Waals surface area contributed by atoms with Crippen LogP contribution in [0.4, 0.5) is 0 Å². The Morgan fingerprint density at radius 3 is 2.21 bits per heavy atom. The lowest BCUT2D eigenvalue weighted by Gasteiger charge is -2.14. The van der Waals surface area contributed by atoms with E-state index in [4.69, 9.17) is 15.9 Å².